The fourth-order valence-corrected chi connectivity index (χ4v) is 4.34. The van der Waals surface area contributed by atoms with Gasteiger partial charge < -0.3 is 15.6 Å². The number of aliphatic hydroxyl groups is 1. The number of unbranched alkanes of at least 4 members (excludes halogenated alkanes) is 3. The summed E-state index contributed by atoms with van der Waals surface area (Å²) in [7, 11) is 0. The molecular weight excluding hydrogens is 449 g/mol. The van der Waals surface area contributed by atoms with Crippen molar-refractivity contribution in [3.8, 4) is 16.2 Å². The molecule has 4 nitrogen and oxygen atoms in total. The third-order valence-corrected chi connectivity index (χ3v) is 6.68. The van der Waals surface area contributed by atoms with Crippen LogP contribution in [0.4, 0.5) is 13.2 Å². The lowest BCUT2D eigenvalue weighted by atomic mass is 10.1. The van der Waals surface area contributed by atoms with E-state index in [4.69, 9.17) is 10.5 Å². The summed E-state index contributed by atoms with van der Waals surface area (Å²) < 4.78 is 46.6. The molecule has 0 aliphatic carbocycles. The van der Waals surface area contributed by atoms with E-state index in [1.54, 1.807) is 13.0 Å². The molecule has 1 heterocycles. The molecule has 33 heavy (non-hydrogen) atoms. The third-order valence-electron chi connectivity index (χ3n) is 5.35. The number of ether oxygens (including phenoxy) is 1. The number of nitrogens with zero attached hydrogens (tertiary/aromatic N) is 1. The predicted octanol–water partition coefficient (Wildman–Crippen LogP) is 6.18. The molecule has 0 saturated heterocycles. The van der Waals surface area contributed by atoms with E-state index < -0.39 is 17.3 Å². The van der Waals surface area contributed by atoms with Crippen LogP contribution in [0.15, 0.2) is 54.7 Å². The molecule has 0 amide bonds. The lowest BCUT2D eigenvalue weighted by Gasteiger charge is -2.18. The molecule has 3 rings (SSSR count). The summed E-state index contributed by atoms with van der Waals surface area (Å²) in [4.78, 5) is 4.72. The molecule has 0 saturated carbocycles. The Morgan fingerprint density at radius 1 is 1.03 bits per heavy atom. The van der Waals surface area contributed by atoms with Gasteiger partial charge in [-0.15, -0.1) is 11.3 Å². The van der Waals surface area contributed by atoms with E-state index in [1.807, 2.05) is 18.2 Å². The smallest absolute Gasteiger partial charge is 0.419 e. The molecule has 0 radical (unpaired) electrons. The summed E-state index contributed by atoms with van der Waals surface area (Å²) in [5.41, 5.74) is 5.81. The first-order valence-corrected chi connectivity index (χ1v) is 11.8. The van der Waals surface area contributed by atoms with Crippen LogP contribution in [-0.4, -0.2) is 23.3 Å². The summed E-state index contributed by atoms with van der Waals surface area (Å²) in [5, 5.41) is 9.85. The molecule has 0 aliphatic rings. The van der Waals surface area contributed by atoms with Crippen molar-refractivity contribution in [1.29, 1.82) is 0 Å². The number of alkyl halides is 3. The van der Waals surface area contributed by atoms with E-state index in [0.717, 1.165) is 31.7 Å². The average molecular weight is 479 g/mol. The number of hydrogen-bond acceptors (Lipinski definition) is 5. The highest BCUT2D eigenvalue weighted by molar-refractivity contribution is 7.15. The molecule has 0 unspecified atom stereocenters. The van der Waals surface area contributed by atoms with Crippen LogP contribution in [0.3, 0.4) is 0 Å². The van der Waals surface area contributed by atoms with Crippen molar-refractivity contribution in [1.82, 2.24) is 4.98 Å². The molecule has 8 heteroatoms. The van der Waals surface area contributed by atoms with Gasteiger partial charge in [-0.2, -0.15) is 13.2 Å². The van der Waals surface area contributed by atoms with Crippen LogP contribution in [0.2, 0.25) is 0 Å². The van der Waals surface area contributed by atoms with Crippen LogP contribution in [0, 0.1) is 0 Å². The lowest BCUT2D eigenvalue weighted by Crippen LogP contribution is -2.36. The number of benzene rings is 2. The Balaban J connectivity index is 1.57. The van der Waals surface area contributed by atoms with E-state index >= 15 is 0 Å². The van der Waals surface area contributed by atoms with Crippen molar-refractivity contribution in [2.45, 2.75) is 50.7 Å². The van der Waals surface area contributed by atoms with Crippen LogP contribution >= 0.6 is 11.3 Å². The number of halogens is 3. The molecule has 0 fully saturated rings. The summed E-state index contributed by atoms with van der Waals surface area (Å²) in [6.07, 6.45) is 1.59. The SMILES string of the molecule is C[C@](N)(CO)c1ncc(-c2ccc(OCCCCCCc3ccccc3)c(C(F)(F)F)c2)s1. The number of aryl methyl sites for hydroxylation is 1. The molecule has 0 aliphatic heterocycles. The molecule has 3 N–H and O–H groups in total. The van der Waals surface area contributed by atoms with Crippen LogP contribution in [-0.2, 0) is 18.1 Å². The maximum absolute atomic E-state index is 13.7. The van der Waals surface area contributed by atoms with Crippen molar-refractivity contribution >= 4 is 11.3 Å². The zero-order valence-corrected chi connectivity index (χ0v) is 19.4. The lowest BCUT2D eigenvalue weighted by molar-refractivity contribution is -0.138. The summed E-state index contributed by atoms with van der Waals surface area (Å²) in [5.74, 6) is -0.167. The van der Waals surface area contributed by atoms with Crippen molar-refractivity contribution in [3.63, 3.8) is 0 Å². The van der Waals surface area contributed by atoms with Crippen LogP contribution in [0.1, 0.15) is 48.7 Å². The van der Waals surface area contributed by atoms with E-state index in [9.17, 15) is 18.3 Å². The van der Waals surface area contributed by atoms with Crippen LogP contribution in [0.5, 0.6) is 5.75 Å². The number of aliphatic hydroxyl groups excluding tert-OH is 1. The number of nitrogens with two attached hydrogens (primary N) is 1. The van der Waals surface area contributed by atoms with E-state index in [-0.39, 0.29) is 19.0 Å². The third kappa shape index (κ3) is 7.03. The summed E-state index contributed by atoms with van der Waals surface area (Å²) >= 11 is 1.17. The Kier molecular flexibility index (Phi) is 8.51. The highest BCUT2D eigenvalue weighted by Gasteiger charge is 2.35. The molecular formula is C25H29F3N2O2S. The van der Waals surface area contributed by atoms with E-state index in [1.165, 1.54) is 29.2 Å². The van der Waals surface area contributed by atoms with Gasteiger partial charge in [-0.3, -0.25) is 0 Å². The van der Waals surface area contributed by atoms with Gasteiger partial charge in [-0.1, -0.05) is 43.2 Å². The van der Waals surface area contributed by atoms with Gasteiger partial charge in [0.15, 0.2) is 0 Å². The van der Waals surface area contributed by atoms with Gasteiger partial charge in [0.25, 0.3) is 0 Å². The Labute approximate surface area is 196 Å². The fourth-order valence-electron chi connectivity index (χ4n) is 3.38. The van der Waals surface area contributed by atoms with Crippen molar-refractivity contribution in [3.05, 3.63) is 70.9 Å². The number of rotatable bonds is 11. The highest BCUT2D eigenvalue weighted by atomic mass is 32.1. The molecule has 0 spiro atoms. The molecule has 3 aromatic rings. The normalized spacial score (nSPS) is 13.6. The minimum Gasteiger partial charge on any atom is -0.493 e. The zero-order chi connectivity index (χ0) is 23.9. The first kappa shape index (κ1) is 25.2. The van der Waals surface area contributed by atoms with Crippen molar-refractivity contribution in [2.24, 2.45) is 5.73 Å². The Morgan fingerprint density at radius 3 is 2.45 bits per heavy atom. The summed E-state index contributed by atoms with van der Waals surface area (Å²) in [6, 6.07) is 14.3. The van der Waals surface area contributed by atoms with Gasteiger partial charge in [0.2, 0.25) is 0 Å². The molecule has 0 bridgehead atoms. The number of aromatic nitrogens is 1. The van der Waals surface area contributed by atoms with Gasteiger partial charge in [0, 0.05) is 6.20 Å². The second-order valence-electron chi connectivity index (χ2n) is 8.31. The quantitative estimate of drug-likeness (QED) is 0.323. The standard InChI is InChI=1S/C25H29F3N2O2S/c1-24(29,17-31)23-30-16-22(33-23)19-12-13-21(20(15-19)25(26,27)28)32-14-8-3-2-5-9-18-10-6-4-7-11-18/h4,6-7,10-13,15-16,31H,2-3,5,8-9,14,17,29H2,1H3/t24-/m0/s1. The number of hydrogen-bond donors (Lipinski definition) is 2. The fraction of sp³-hybridized carbons (Fsp3) is 0.400. The monoisotopic (exact) mass is 478 g/mol. The predicted molar refractivity (Wildman–Crippen MR) is 125 cm³/mol. The first-order chi connectivity index (χ1) is 15.7. The van der Waals surface area contributed by atoms with Gasteiger partial charge >= 0.3 is 6.18 Å². The zero-order valence-electron chi connectivity index (χ0n) is 18.6. The van der Waals surface area contributed by atoms with Gasteiger partial charge in [0.1, 0.15) is 10.8 Å². The topological polar surface area (TPSA) is 68.4 Å². The van der Waals surface area contributed by atoms with Crippen molar-refractivity contribution < 1.29 is 23.0 Å². The summed E-state index contributed by atoms with van der Waals surface area (Å²) in [6.45, 7) is 1.54. The first-order valence-electron chi connectivity index (χ1n) is 10.9. The maximum atomic E-state index is 13.7. The molecule has 1 aromatic heterocycles. The minimum atomic E-state index is -4.54. The van der Waals surface area contributed by atoms with Gasteiger partial charge in [-0.25, -0.2) is 4.98 Å². The number of thiazole rings is 1. The Bertz CT molecular complexity index is 1020. The van der Waals surface area contributed by atoms with Gasteiger partial charge in [-0.05, 0) is 55.5 Å². The Hall–Kier alpha value is -2.42. The van der Waals surface area contributed by atoms with Crippen LogP contribution in [0.25, 0.3) is 10.4 Å². The second kappa shape index (κ2) is 11.1. The van der Waals surface area contributed by atoms with E-state index in [2.05, 4.69) is 17.1 Å². The maximum Gasteiger partial charge on any atom is 0.419 e. The highest BCUT2D eigenvalue weighted by Crippen LogP contribution is 2.40. The second-order valence-corrected chi connectivity index (χ2v) is 9.34. The van der Waals surface area contributed by atoms with Crippen molar-refractivity contribution in [2.75, 3.05) is 13.2 Å². The molecule has 2 aromatic carbocycles. The van der Waals surface area contributed by atoms with Gasteiger partial charge in [0.05, 0.1) is 29.2 Å². The van der Waals surface area contributed by atoms with E-state index in [0.29, 0.717) is 21.9 Å². The molecule has 1 atom stereocenters. The largest absolute Gasteiger partial charge is 0.493 e. The minimum absolute atomic E-state index is 0.167. The van der Waals surface area contributed by atoms with Crippen LogP contribution < -0.4 is 10.5 Å². The molecule has 178 valence electrons. The average Bonchev–Trinajstić information content (AvgIpc) is 3.30. The Morgan fingerprint density at radius 2 is 1.76 bits per heavy atom.